The van der Waals surface area contributed by atoms with Gasteiger partial charge >= 0.3 is 0 Å². The molecule has 0 saturated carbocycles. The van der Waals surface area contributed by atoms with E-state index in [1.165, 1.54) is 0 Å². The van der Waals surface area contributed by atoms with Crippen LogP contribution in [0, 0.1) is 17.1 Å². The van der Waals surface area contributed by atoms with E-state index in [9.17, 15) is 0 Å². The predicted octanol–water partition coefficient (Wildman–Crippen LogP) is 3.93. The van der Waals surface area contributed by atoms with Crippen LogP contribution in [0.2, 0.25) is 5.02 Å². The fourth-order valence-electron chi connectivity index (χ4n) is 3.50. The van der Waals surface area contributed by atoms with Crippen LogP contribution >= 0.6 is 23.8 Å². The van der Waals surface area contributed by atoms with Crippen LogP contribution in [0.1, 0.15) is 0 Å². The second-order valence-corrected chi connectivity index (χ2v) is 7.82. The molecule has 0 bridgehead atoms. The first kappa shape index (κ1) is 19.9. The number of para-hydroxylation sites is 1. The standard InChI is InChI=1S/C22H22ClN5S/c1-2-12-25-13-15-26(16-14-25)17-27-22(29)28(20-6-4-3-5-7-20)21(24-27)18-8-10-19(23)11-9-18/h1,3-11H,12-17H2. The molecule has 0 unspecified atom stereocenters. The van der Waals surface area contributed by atoms with Gasteiger partial charge in [-0.2, -0.15) is 0 Å². The lowest BCUT2D eigenvalue weighted by atomic mass is 10.2. The molecule has 2 heterocycles. The third kappa shape index (κ3) is 4.44. The lowest BCUT2D eigenvalue weighted by Crippen LogP contribution is -2.46. The zero-order chi connectivity index (χ0) is 20.2. The number of terminal acetylenes is 1. The van der Waals surface area contributed by atoms with E-state index in [0.29, 0.717) is 23.0 Å². The van der Waals surface area contributed by atoms with Crippen LogP contribution < -0.4 is 0 Å². The Bertz CT molecular complexity index is 1060. The van der Waals surface area contributed by atoms with Crippen molar-refractivity contribution < 1.29 is 0 Å². The lowest BCUT2D eigenvalue weighted by Gasteiger charge is -2.33. The summed E-state index contributed by atoms with van der Waals surface area (Å²) in [6, 6.07) is 17.8. The molecule has 2 aromatic carbocycles. The summed E-state index contributed by atoms with van der Waals surface area (Å²) in [7, 11) is 0. The molecule has 1 aliphatic heterocycles. The Morgan fingerprint density at radius 2 is 1.62 bits per heavy atom. The van der Waals surface area contributed by atoms with E-state index < -0.39 is 0 Å². The monoisotopic (exact) mass is 423 g/mol. The zero-order valence-corrected chi connectivity index (χ0v) is 17.6. The van der Waals surface area contributed by atoms with Gasteiger partial charge in [0.25, 0.3) is 0 Å². The summed E-state index contributed by atoms with van der Waals surface area (Å²) >= 11 is 11.9. The van der Waals surface area contributed by atoms with Crippen molar-refractivity contribution in [3.8, 4) is 29.4 Å². The van der Waals surface area contributed by atoms with Gasteiger partial charge in [-0.15, -0.1) is 11.5 Å². The van der Waals surface area contributed by atoms with Gasteiger partial charge in [-0.1, -0.05) is 35.7 Å². The maximum absolute atomic E-state index is 6.08. The highest BCUT2D eigenvalue weighted by molar-refractivity contribution is 7.71. The van der Waals surface area contributed by atoms with Crippen molar-refractivity contribution in [2.75, 3.05) is 32.7 Å². The van der Waals surface area contributed by atoms with E-state index >= 15 is 0 Å². The molecule has 4 rings (SSSR count). The Morgan fingerprint density at radius 1 is 0.966 bits per heavy atom. The first-order valence-corrected chi connectivity index (χ1v) is 10.3. The van der Waals surface area contributed by atoms with Crippen LogP contribution in [0.15, 0.2) is 54.6 Å². The summed E-state index contributed by atoms with van der Waals surface area (Å²) < 4.78 is 4.60. The molecule has 0 spiro atoms. The number of aromatic nitrogens is 3. The van der Waals surface area contributed by atoms with Crippen molar-refractivity contribution in [2.45, 2.75) is 6.67 Å². The number of benzene rings is 2. The minimum absolute atomic E-state index is 0.656. The highest BCUT2D eigenvalue weighted by Crippen LogP contribution is 2.24. The van der Waals surface area contributed by atoms with Crippen molar-refractivity contribution in [3.63, 3.8) is 0 Å². The number of hydrogen-bond donors (Lipinski definition) is 0. The van der Waals surface area contributed by atoms with E-state index in [-0.39, 0.29) is 0 Å². The molecule has 29 heavy (non-hydrogen) atoms. The van der Waals surface area contributed by atoms with Gasteiger partial charge in [0, 0.05) is 42.5 Å². The molecule has 0 atom stereocenters. The Kier molecular flexibility index (Phi) is 6.12. The molecule has 0 aliphatic carbocycles. The molecule has 1 saturated heterocycles. The van der Waals surface area contributed by atoms with E-state index in [0.717, 1.165) is 43.3 Å². The van der Waals surface area contributed by atoms with Crippen LogP contribution in [0.25, 0.3) is 17.1 Å². The van der Waals surface area contributed by atoms with Gasteiger partial charge in [0.1, 0.15) is 0 Å². The summed E-state index contributed by atoms with van der Waals surface area (Å²) in [4.78, 5) is 4.65. The molecular weight excluding hydrogens is 402 g/mol. The smallest absolute Gasteiger partial charge is 0.204 e. The average Bonchev–Trinajstić information content (AvgIpc) is 3.07. The normalized spacial score (nSPS) is 15.3. The van der Waals surface area contributed by atoms with Crippen LogP contribution in [0.4, 0.5) is 0 Å². The van der Waals surface area contributed by atoms with Gasteiger partial charge < -0.3 is 0 Å². The third-order valence-electron chi connectivity index (χ3n) is 5.07. The Morgan fingerprint density at radius 3 is 2.28 bits per heavy atom. The molecule has 1 aromatic heterocycles. The third-order valence-corrected chi connectivity index (χ3v) is 5.72. The van der Waals surface area contributed by atoms with Gasteiger partial charge in [-0.3, -0.25) is 14.4 Å². The molecular formula is C22H22ClN5S. The SMILES string of the molecule is C#CCN1CCN(Cn2nc(-c3ccc(Cl)cc3)n(-c3ccccc3)c2=S)CC1. The van der Waals surface area contributed by atoms with Crippen molar-refractivity contribution in [2.24, 2.45) is 0 Å². The van der Waals surface area contributed by atoms with Crippen LogP contribution in [-0.2, 0) is 6.67 Å². The molecule has 148 valence electrons. The molecule has 0 radical (unpaired) electrons. The van der Waals surface area contributed by atoms with Crippen LogP contribution in [-0.4, -0.2) is 56.9 Å². The molecule has 1 aliphatic rings. The second-order valence-electron chi connectivity index (χ2n) is 7.02. The summed E-state index contributed by atoms with van der Waals surface area (Å²) in [6.07, 6.45) is 5.43. The van der Waals surface area contributed by atoms with Crippen LogP contribution in [0.5, 0.6) is 0 Å². The Balaban J connectivity index is 1.66. The second kappa shape index (κ2) is 8.93. The average molecular weight is 424 g/mol. The molecule has 7 heteroatoms. The van der Waals surface area contributed by atoms with Gasteiger partial charge in [0.05, 0.1) is 13.2 Å². The number of piperazine rings is 1. The van der Waals surface area contributed by atoms with E-state index in [1.807, 2.05) is 63.8 Å². The fraction of sp³-hybridized carbons (Fsp3) is 0.273. The van der Waals surface area contributed by atoms with Crippen LogP contribution in [0.3, 0.4) is 0 Å². The highest BCUT2D eigenvalue weighted by atomic mass is 35.5. The van der Waals surface area contributed by atoms with Crippen molar-refractivity contribution in [3.05, 3.63) is 64.4 Å². The summed E-state index contributed by atoms with van der Waals surface area (Å²) in [6.45, 7) is 5.16. The maximum Gasteiger partial charge on any atom is 0.204 e. The predicted molar refractivity (Wildman–Crippen MR) is 120 cm³/mol. The van der Waals surface area contributed by atoms with Gasteiger partial charge in [0.2, 0.25) is 4.77 Å². The first-order chi connectivity index (χ1) is 14.2. The van der Waals surface area contributed by atoms with E-state index in [4.69, 9.17) is 35.3 Å². The van der Waals surface area contributed by atoms with Crippen molar-refractivity contribution >= 4 is 23.8 Å². The largest absolute Gasteiger partial charge is 0.290 e. The topological polar surface area (TPSA) is 29.2 Å². The Hall–Kier alpha value is -2.43. The first-order valence-electron chi connectivity index (χ1n) is 9.55. The minimum atomic E-state index is 0.656. The van der Waals surface area contributed by atoms with Crippen molar-refractivity contribution in [1.82, 2.24) is 24.1 Å². The quantitative estimate of drug-likeness (QED) is 0.459. The number of hydrogen-bond acceptors (Lipinski definition) is 4. The summed E-state index contributed by atoms with van der Waals surface area (Å²) in [5.41, 5.74) is 1.97. The van der Waals surface area contributed by atoms with Gasteiger partial charge in [-0.05, 0) is 48.6 Å². The minimum Gasteiger partial charge on any atom is -0.290 e. The Labute approximate surface area is 181 Å². The maximum atomic E-state index is 6.08. The number of nitrogens with zero attached hydrogens (tertiary/aromatic N) is 5. The lowest BCUT2D eigenvalue weighted by molar-refractivity contribution is 0.111. The van der Waals surface area contributed by atoms with E-state index in [2.05, 4.69) is 15.7 Å². The summed E-state index contributed by atoms with van der Waals surface area (Å²) in [5, 5.41) is 5.58. The van der Waals surface area contributed by atoms with Gasteiger partial charge in [0.15, 0.2) is 5.82 Å². The zero-order valence-electron chi connectivity index (χ0n) is 16.0. The molecule has 3 aromatic rings. The summed E-state index contributed by atoms with van der Waals surface area (Å²) in [5.74, 6) is 3.53. The molecule has 0 amide bonds. The number of rotatable bonds is 5. The molecule has 5 nitrogen and oxygen atoms in total. The molecule has 1 fully saturated rings. The highest BCUT2D eigenvalue weighted by Gasteiger charge is 2.19. The van der Waals surface area contributed by atoms with Gasteiger partial charge in [-0.25, -0.2) is 4.68 Å². The number of halogens is 1. The fourth-order valence-corrected chi connectivity index (χ4v) is 3.92. The van der Waals surface area contributed by atoms with Crippen molar-refractivity contribution in [1.29, 1.82) is 0 Å². The molecule has 0 N–H and O–H groups in total. The van der Waals surface area contributed by atoms with E-state index in [1.54, 1.807) is 0 Å².